The van der Waals surface area contributed by atoms with Crippen LogP contribution >= 0.6 is 0 Å². The van der Waals surface area contributed by atoms with E-state index in [4.69, 9.17) is 0 Å². The van der Waals surface area contributed by atoms with Gasteiger partial charge in [-0.25, -0.2) is 13.1 Å². The summed E-state index contributed by atoms with van der Waals surface area (Å²) in [5.74, 6) is -0.402. The number of rotatable bonds is 4. The molecular formula is C14H11N7O2S. The molecule has 0 bridgehead atoms. The second kappa shape index (κ2) is 5.49. The third kappa shape index (κ3) is 2.42. The molecule has 2 aromatic carbocycles. The molecular weight excluding hydrogens is 330 g/mol. The van der Waals surface area contributed by atoms with E-state index >= 15 is 0 Å². The van der Waals surface area contributed by atoms with Crippen LogP contribution < -0.4 is 0 Å². The molecule has 0 aliphatic rings. The highest BCUT2D eigenvalue weighted by atomic mass is 32.2. The van der Waals surface area contributed by atoms with Gasteiger partial charge >= 0.3 is 0 Å². The summed E-state index contributed by atoms with van der Waals surface area (Å²) in [6.45, 7) is 0. The molecule has 2 aromatic heterocycles. The zero-order valence-corrected chi connectivity index (χ0v) is 13.1. The van der Waals surface area contributed by atoms with Gasteiger partial charge in [0.1, 0.15) is 5.52 Å². The van der Waals surface area contributed by atoms with Crippen LogP contribution in [0.4, 0.5) is 0 Å². The topological polar surface area (TPSA) is 108 Å². The number of aromatic nitrogens is 7. The van der Waals surface area contributed by atoms with Gasteiger partial charge in [0.2, 0.25) is 9.84 Å². The smallest absolute Gasteiger partial charge is 0.229 e. The summed E-state index contributed by atoms with van der Waals surface area (Å²) >= 11 is 0. The Morgan fingerprint density at radius 1 is 0.875 bits per heavy atom. The minimum atomic E-state index is -3.82. The van der Waals surface area contributed by atoms with Gasteiger partial charge in [0.15, 0.2) is 5.88 Å². The Kier molecular flexibility index (Phi) is 3.31. The fourth-order valence-corrected chi connectivity index (χ4v) is 3.53. The van der Waals surface area contributed by atoms with E-state index in [-0.39, 0.29) is 5.16 Å². The van der Waals surface area contributed by atoms with Crippen molar-refractivity contribution in [3.8, 4) is 5.69 Å². The third-order valence-corrected chi connectivity index (χ3v) is 4.83. The lowest BCUT2D eigenvalue weighted by Crippen LogP contribution is -2.17. The highest BCUT2D eigenvalue weighted by molar-refractivity contribution is 7.90. The van der Waals surface area contributed by atoms with Gasteiger partial charge in [0.05, 0.1) is 11.2 Å². The van der Waals surface area contributed by atoms with Crippen LogP contribution in [0.5, 0.6) is 0 Å². The molecule has 120 valence electrons. The summed E-state index contributed by atoms with van der Waals surface area (Å²) in [6, 6.07) is 15.9. The molecule has 0 fully saturated rings. The zero-order valence-electron chi connectivity index (χ0n) is 12.3. The van der Waals surface area contributed by atoms with Crippen LogP contribution in [0.15, 0.2) is 59.8 Å². The van der Waals surface area contributed by atoms with Crippen LogP contribution in [0, 0.1) is 0 Å². The summed E-state index contributed by atoms with van der Waals surface area (Å²) in [6.07, 6.45) is 0. The predicted octanol–water partition coefficient (Wildman–Crippen LogP) is 0.838. The van der Waals surface area contributed by atoms with Crippen molar-refractivity contribution in [1.29, 1.82) is 0 Å². The van der Waals surface area contributed by atoms with Crippen LogP contribution in [0.2, 0.25) is 0 Å². The molecule has 2 heterocycles. The standard InChI is InChI=1S/C14H11N7O2S/c22-24(23,10-20-13-9-5-4-8-12(13)15-18-20)14-16-17-19-21(14)11-6-2-1-3-7-11/h1-9H,10H2. The molecule has 4 aromatic rings. The first-order chi connectivity index (χ1) is 11.6. The van der Waals surface area contributed by atoms with E-state index in [1.165, 1.54) is 9.36 Å². The Bertz CT molecular complexity index is 1100. The molecule has 9 nitrogen and oxygen atoms in total. The quantitative estimate of drug-likeness (QED) is 0.541. The van der Waals surface area contributed by atoms with Gasteiger partial charge in [-0.2, -0.15) is 4.68 Å². The SMILES string of the molecule is O=S(=O)(Cn1nnc2ccccc21)c1nnnn1-c1ccccc1. The Hall–Kier alpha value is -3.14. The molecule has 0 saturated heterocycles. The van der Waals surface area contributed by atoms with Crippen LogP contribution in [0.1, 0.15) is 0 Å². The maximum Gasteiger partial charge on any atom is 0.274 e. The van der Waals surface area contributed by atoms with Gasteiger partial charge in [-0.05, 0) is 34.7 Å². The van der Waals surface area contributed by atoms with Crippen molar-refractivity contribution in [2.45, 2.75) is 11.0 Å². The molecule has 0 amide bonds. The first-order valence-electron chi connectivity index (χ1n) is 7.00. The number of hydrogen-bond donors (Lipinski definition) is 0. The number of tetrazole rings is 1. The molecule has 10 heteroatoms. The summed E-state index contributed by atoms with van der Waals surface area (Å²) in [4.78, 5) is 0. The Morgan fingerprint density at radius 2 is 1.62 bits per heavy atom. The van der Waals surface area contributed by atoms with Gasteiger partial charge in [0.25, 0.3) is 5.16 Å². The van der Waals surface area contributed by atoms with Crippen molar-refractivity contribution in [2.24, 2.45) is 0 Å². The molecule has 24 heavy (non-hydrogen) atoms. The molecule has 0 spiro atoms. The molecule has 0 radical (unpaired) electrons. The van der Waals surface area contributed by atoms with E-state index in [1.54, 1.807) is 42.5 Å². The minimum absolute atomic E-state index is 0.242. The predicted molar refractivity (Wildman–Crippen MR) is 83.9 cm³/mol. The molecule has 0 unspecified atom stereocenters. The van der Waals surface area contributed by atoms with Crippen molar-refractivity contribution in [3.63, 3.8) is 0 Å². The van der Waals surface area contributed by atoms with E-state index in [2.05, 4.69) is 25.8 Å². The number of sulfone groups is 1. The van der Waals surface area contributed by atoms with Crippen LogP contribution in [0.3, 0.4) is 0 Å². The summed E-state index contributed by atoms with van der Waals surface area (Å²) < 4.78 is 28.0. The lowest BCUT2D eigenvalue weighted by atomic mass is 10.3. The summed E-state index contributed by atoms with van der Waals surface area (Å²) in [5, 5.41) is 18.6. The number of fused-ring (bicyclic) bond motifs is 1. The average Bonchev–Trinajstić information content (AvgIpc) is 3.24. The highest BCUT2D eigenvalue weighted by Gasteiger charge is 2.25. The molecule has 4 rings (SSSR count). The molecule has 0 saturated carbocycles. The van der Waals surface area contributed by atoms with Crippen LogP contribution in [-0.2, 0) is 15.7 Å². The van der Waals surface area contributed by atoms with E-state index in [9.17, 15) is 8.42 Å². The number of hydrogen-bond acceptors (Lipinski definition) is 7. The number of para-hydroxylation sites is 2. The lowest BCUT2D eigenvalue weighted by molar-refractivity contribution is 0.560. The highest BCUT2D eigenvalue weighted by Crippen LogP contribution is 2.16. The van der Waals surface area contributed by atoms with Gasteiger partial charge in [-0.1, -0.05) is 40.6 Å². The largest absolute Gasteiger partial charge is 0.274 e. The fraction of sp³-hybridized carbons (Fsp3) is 0.0714. The van der Waals surface area contributed by atoms with E-state index in [1.807, 2.05) is 12.1 Å². The fourth-order valence-electron chi connectivity index (χ4n) is 2.34. The number of benzene rings is 2. The maximum absolute atomic E-state index is 12.7. The summed E-state index contributed by atoms with van der Waals surface area (Å²) in [7, 11) is -3.82. The normalized spacial score (nSPS) is 11.8. The van der Waals surface area contributed by atoms with E-state index < -0.39 is 15.7 Å². The first kappa shape index (κ1) is 14.5. The lowest BCUT2D eigenvalue weighted by Gasteiger charge is -2.06. The Labute approximate surface area is 136 Å². The van der Waals surface area contributed by atoms with E-state index in [0.717, 1.165) is 0 Å². The number of nitrogens with zero attached hydrogens (tertiary/aromatic N) is 7. The molecule has 0 N–H and O–H groups in total. The van der Waals surface area contributed by atoms with Crippen molar-refractivity contribution in [2.75, 3.05) is 0 Å². The molecule has 0 atom stereocenters. The van der Waals surface area contributed by atoms with Crippen molar-refractivity contribution in [1.82, 2.24) is 35.2 Å². The second-order valence-corrected chi connectivity index (χ2v) is 6.88. The third-order valence-electron chi connectivity index (χ3n) is 3.43. The summed E-state index contributed by atoms with van der Waals surface area (Å²) in [5.41, 5.74) is 1.81. The van der Waals surface area contributed by atoms with Gasteiger partial charge < -0.3 is 0 Å². The van der Waals surface area contributed by atoms with Crippen LogP contribution in [0.25, 0.3) is 16.7 Å². The van der Waals surface area contributed by atoms with Gasteiger partial charge in [-0.15, -0.1) is 5.10 Å². The van der Waals surface area contributed by atoms with Gasteiger partial charge in [-0.3, -0.25) is 0 Å². The van der Waals surface area contributed by atoms with Crippen molar-refractivity contribution < 1.29 is 8.42 Å². The molecule has 0 aliphatic carbocycles. The first-order valence-corrected chi connectivity index (χ1v) is 8.65. The van der Waals surface area contributed by atoms with Crippen molar-refractivity contribution in [3.05, 3.63) is 54.6 Å². The monoisotopic (exact) mass is 341 g/mol. The second-order valence-electron chi connectivity index (χ2n) is 5.03. The average molecular weight is 341 g/mol. The molecule has 0 aliphatic heterocycles. The maximum atomic E-state index is 12.7. The Balaban J connectivity index is 1.76. The minimum Gasteiger partial charge on any atom is -0.229 e. The zero-order chi connectivity index (χ0) is 16.6. The van der Waals surface area contributed by atoms with Crippen LogP contribution in [-0.4, -0.2) is 43.6 Å². The van der Waals surface area contributed by atoms with Gasteiger partial charge in [0, 0.05) is 0 Å². The van der Waals surface area contributed by atoms with Crippen molar-refractivity contribution >= 4 is 20.9 Å². The Morgan fingerprint density at radius 3 is 2.46 bits per heavy atom. The van der Waals surface area contributed by atoms with E-state index in [0.29, 0.717) is 16.7 Å².